The molecule has 0 atom stereocenters. The third-order valence-electron chi connectivity index (χ3n) is 3.69. The Morgan fingerprint density at radius 1 is 1.22 bits per heavy atom. The second-order valence-electron chi connectivity index (χ2n) is 5.36. The fourth-order valence-electron chi connectivity index (χ4n) is 2.51. The van der Waals surface area contributed by atoms with Crippen LogP contribution in [0.5, 0.6) is 11.5 Å². The third-order valence-corrected chi connectivity index (χ3v) is 5.05. The summed E-state index contributed by atoms with van der Waals surface area (Å²) < 4.78 is 11.6. The maximum absolute atomic E-state index is 12.9. The van der Waals surface area contributed by atoms with Crippen LogP contribution in [0.2, 0.25) is 0 Å². The number of imide groups is 1. The van der Waals surface area contributed by atoms with Crippen LogP contribution in [0.3, 0.4) is 0 Å². The third kappa shape index (κ3) is 4.02. The molecule has 0 bridgehead atoms. The number of hydrogen-bond acceptors (Lipinski definition) is 5. The number of para-hydroxylation sites is 2. The highest BCUT2D eigenvalue weighted by Gasteiger charge is 2.37. The number of carbonyl (C=O) groups excluding carboxylic acids is 2. The van der Waals surface area contributed by atoms with E-state index in [1.807, 2.05) is 6.07 Å². The maximum atomic E-state index is 12.9. The zero-order chi connectivity index (χ0) is 19.4. The SMILES string of the molecule is C#CCOc1ccc(Br)cc1/C=C1\SC(=O)N(c2ccccc2OC)C1=O. The Morgan fingerprint density at radius 2 is 2.00 bits per heavy atom. The standard InChI is InChI=1S/C20H14BrNO4S/c1-3-10-26-16-9-8-14(21)11-13(16)12-18-19(23)22(20(24)27-18)15-6-4-5-7-17(15)25-2/h1,4-9,11-12H,10H2,2H3/b18-12-. The van der Waals surface area contributed by atoms with Gasteiger partial charge in [-0.2, -0.15) is 0 Å². The lowest BCUT2D eigenvalue weighted by Gasteiger charge is -2.15. The largest absolute Gasteiger partial charge is 0.495 e. The summed E-state index contributed by atoms with van der Waals surface area (Å²) >= 11 is 4.26. The van der Waals surface area contributed by atoms with E-state index in [-0.39, 0.29) is 11.5 Å². The minimum Gasteiger partial charge on any atom is -0.495 e. The van der Waals surface area contributed by atoms with Gasteiger partial charge in [-0.15, -0.1) is 6.42 Å². The summed E-state index contributed by atoms with van der Waals surface area (Å²) in [5.74, 6) is 2.96. The van der Waals surface area contributed by atoms with E-state index in [1.165, 1.54) is 7.11 Å². The van der Waals surface area contributed by atoms with Gasteiger partial charge in [-0.3, -0.25) is 9.59 Å². The number of ether oxygens (including phenoxy) is 2. The van der Waals surface area contributed by atoms with Crippen molar-refractivity contribution in [3.05, 3.63) is 57.4 Å². The average Bonchev–Trinajstić information content (AvgIpc) is 2.94. The second kappa shape index (κ2) is 8.33. The van der Waals surface area contributed by atoms with Gasteiger partial charge in [0, 0.05) is 10.0 Å². The number of carbonyl (C=O) groups is 2. The highest BCUT2D eigenvalue weighted by Crippen LogP contribution is 2.40. The molecule has 0 unspecified atom stereocenters. The average molecular weight is 444 g/mol. The Bertz CT molecular complexity index is 980. The smallest absolute Gasteiger partial charge is 0.298 e. The molecular weight excluding hydrogens is 430 g/mol. The Labute approximate surface area is 169 Å². The molecular formula is C20H14BrNO4S. The number of rotatable bonds is 5. The number of amides is 2. The molecule has 0 spiro atoms. The lowest BCUT2D eigenvalue weighted by Crippen LogP contribution is -2.28. The van der Waals surface area contributed by atoms with Gasteiger partial charge < -0.3 is 9.47 Å². The molecule has 1 aliphatic heterocycles. The monoisotopic (exact) mass is 443 g/mol. The van der Waals surface area contributed by atoms with Gasteiger partial charge in [0.2, 0.25) is 0 Å². The lowest BCUT2D eigenvalue weighted by molar-refractivity contribution is -0.113. The van der Waals surface area contributed by atoms with Gasteiger partial charge in [-0.05, 0) is 48.2 Å². The topological polar surface area (TPSA) is 55.8 Å². The Kier molecular flexibility index (Phi) is 5.89. The summed E-state index contributed by atoms with van der Waals surface area (Å²) in [5.41, 5.74) is 1.05. The molecule has 1 aliphatic rings. The molecule has 0 N–H and O–H groups in total. The maximum Gasteiger partial charge on any atom is 0.298 e. The zero-order valence-electron chi connectivity index (χ0n) is 14.3. The Hall–Kier alpha value is -2.69. The number of methoxy groups -OCH3 is 1. The van der Waals surface area contributed by atoms with Crippen molar-refractivity contribution in [3.63, 3.8) is 0 Å². The van der Waals surface area contributed by atoms with E-state index in [4.69, 9.17) is 15.9 Å². The van der Waals surface area contributed by atoms with Crippen LogP contribution in [0.4, 0.5) is 10.5 Å². The molecule has 2 aromatic rings. The van der Waals surface area contributed by atoms with E-state index in [0.29, 0.717) is 22.7 Å². The summed E-state index contributed by atoms with van der Waals surface area (Å²) in [6.07, 6.45) is 6.87. The molecule has 2 aromatic carbocycles. The summed E-state index contributed by atoms with van der Waals surface area (Å²) in [7, 11) is 1.49. The minimum atomic E-state index is -0.419. The summed E-state index contributed by atoms with van der Waals surface area (Å²) in [6, 6.07) is 12.2. The van der Waals surface area contributed by atoms with Crippen LogP contribution in [0.1, 0.15) is 5.56 Å². The lowest BCUT2D eigenvalue weighted by atomic mass is 10.2. The van der Waals surface area contributed by atoms with Crippen LogP contribution in [-0.4, -0.2) is 24.9 Å². The van der Waals surface area contributed by atoms with Gasteiger partial charge in [0.1, 0.15) is 18.1 Å². The van der Waals surface area contributed by atoms with Crippen molar-refractivity contribution in [1.29, 1.82) is 0 Å². The number of terminal acetylenes is 1. The van der Waals surface area contributed by atoms with E-state index in [2.05, 4.69) is 21.9 Å². The van der Waals surface area contributed by atoms with Crippen LogP contribution in [0.15, 0.2) is 51.8 Å². The van der Waals surface area contributed by atoms with Gasteiger partial charge in [-0.25, -0.2) is 4.90 Å². The summed E-state index contributed by atoms with van der Waals surface area (Å²) in [5, 5.41) is -0.392. The molecule has 0 aliphatic carbocycles. The van der Waals surface area contributed by atoms with Crippen LogP contribution in [0.25, 0.3) is 6.08 Å². The van der Waals surface area contributed by atoms with E-state index in [0.717, 1.165) is 21.1 Å². The molecule has 0 radical (unpaired) electrons. The normalized spacial score (nSPS) is 15.1. The van der Waals surface area contributed by atoms with Gasteiger partial charge in [0.15, 0.2) is 0 Å². The highest BCUT2D eigenvalue weighted by molar-refractivity contribution is 9.10. The van der Waals surface area contributed by atoms with E-state index < -0.39 is 11.1 Å². The van der Waals surface area contributed by atoms with Crippen LogP contribution >= 0.6 is 27.7 Å². The van der Waals surface area contributed by atoms with Crippen LogP contribution in [0, 0.1) is 12.3 Å². The van der Waals surface area contributed by atoms with E-state index >= 15 is 0 Å². The molecule has 7 heteroatoms. The molecule has 27 heavy (non-hydrogen) atoms. The highest BCUT2D eigenvalue weighted by atomic mass is 79.9. The number of thioether (sulfide) groups is 1. The number of nitrogens with zero attached hydrogens (tertiary/aromatic N) is 1. The predicted octanol–water partition coefficient (Wildman–Crippen LogP) is 4.71. The molecule has 0 aromatic heterocycles. The van der Waals surface area contributed by atoms with Gasteiger partial charge in [-0.1, -0.05) is 34.0 Å². The molecule has 136 valence electrons. The fourth-order valence-corrected chi connectivity index (χ4v) is 3.72. The summed E-state index contributed by atoms with van der Waals surface area (Å²) in [4.78, 5) is 26.8. The first kappa shape index (κ1) is 19.1. The molecule has 5 nitrogen and oxygen atoms in total. The van der Waals surface area contributed by atoms with Crippen molar-refractivity contribution >= 4 is 50.6 Å². The minimum absolute atomic E-state index is 0.102. The fraction of sp³-hybridized carbons (Fsp3) is 0.100. The first-order valence-corrected chi connectivity index (χ1v) is 9.43. The van der Waals surface area contributed by atoms with E-state index in [1.54, 1.807) is 42.5 Å². The number of hydrogen-bond donors (Lipinski definition) is 0. The molecule has 3 rings (SSSR count). The first-order valence-electron chi connectivity index (χ1n) is 7.82. The van der Waals surface area contributed by atoms with Gasteiger partial charge >= 0.3 is 0 Å². The molecule has 1 heterocycles. The van der Waals surface area contributed by atoms with Crippen molar-refractivity contribution < 1.29 is 19.1 Å². The van der Waals surface area contributed by atoms with Gasteiger partial charge in [0.25, 0.3) is 11.1 Å². The number of halogens is 1. The zero-order valence-corrected chi connectivity index (χ0v) is 16.7. The second-order valence-corrected chi connectivity index (χ2v) is 7.27. The van der Waals surface area contributed by atoms with E-state index in [9.17, 15) is 9.59 Å². The Morgan fingerprint density at radius 3 is 2.74 bits per heavy atom. The number of anilines is 1. The molecule has 1 saturated heterocycles. The quantitative estimate of drug-likeness (QED) is 0.494. The van der Waals surface area contributed by atoms with Crippen molar-refractivity contribution in [2.75, 3.05) is 18.6 Å². The number of benzene rings is 2. The van der Waals surface area contributed by atoms with Crippen LogP contribution < -0.4 is 14.4 Å². The summed E-state index contributed by atoms with van der Waals surface area (Å²) in [6.45, 7) is 0.102. The molecule has 1 fully saturated rings. The predicted molar refractivity (Wildman–Crippen MR) is 110 cm³/mol. The van der Waals surface area contributed by atoms with Crippen molar-refractivity contribution in [1.82, 2.24) is 0 Å². The molecule has 0 saturated carbocycles. The first-order chi connectivity index (χ1) is 13.0. The van der Waals surface area contributed by atoms with Crippen molar-refractivity contribution in [2.45, 2.75) is 0 Å². The van der Waals surface area contributed by atoms with Crippen LogP contribution in [-0.2, 0) is 4.79 Å². The Balaban J connectivity index is 1.98. The van der Waals surface area contributed by atoms with Gasteiger partial charge in [0.05, 0.1) is 17.7 Å². The molecule has 2 amide bonds. The van der Waals surface area contributed by atoms with Crippen molar-refractivity contribution in [3.8, 4) is 23.8 Å². The van der Waals surface area contributed by atoms with Crippen molar-refractivity contribution in [2.24, 2.45) is 0 Å².